The maximum atomic E-state index is 13.5. The van der Waals surface area contributed by atoms with Crippen molar-refractivity contribution in [2.45, 2.75) is 51.5 Å². The van der Waals surface area contributed by atoms with Gasteiger partial charge in [0.2, 0.25) is 0 Å². The standard InChI is InChI=1S/C38H39FN2O8/c1-3-4-5-6-7-20-48-31-17-15-26(16-18-31)38(46)49-33-19-14-25(22-34(33)47-2)21-32(37(44)45)41-36(43)28-11-9-13-30(24-28)40-35(42)27-10-8-12-29(39)23-27/h8-19,22-24,32H,3-7,20-21H2,1-2H3,(H,40,42)(H,41,43)(H,44,45). The Kier molecular flexibility index (Phi) is 13.3. The molecule has 3 N–H and O–H groups in total. The van der Waals surface area contributed by atoms with Gasteiger partial charge in [0.15, 0.2) is 11.5 Å². The zero-order valence-electron chi connectivity index (χ0n) is 27.4. The first-order valence-electron chi connectivity index (χ1n) is 16.0. The third-order valence-electron chi connectivity index (χ3n) is 7.55. The number of esters is 1. The number of methoxy groups -OCH3 is 1. The molecule has 0 radical (unpaired) electrons. The second-order valence-corrected chi connectivity index (χ2v) is 11.3. The van der Waals surface area contributed by atoms with Gasteiger partial charge in [-0.1, -0.05) is 50.8 Å². The number of rotatable bonds is 17. The molecule has 0 aliphatic heterocycles. The van der Waals surface area contributed by atoms with Crippen molar-refractivity contribution >= 4 is 29.4 Å². The first-order chi connectivity index (χ1) is 23.7. The number of nitrogens with one attached hydrogen (secondary N) is 2. The summed E-state index contributed by atoms with van der Waals surface area (Å²) < 4.78 is 30.2. The molecule has 0 spiro atoms. The van der Waals surface area contributed by atoms with Crippen LogP contribution in [-0.2, 0) is 11.2 Å². The summed E-state index contributed by atoms with van der Waals surface area (Å²) in [6.45, 7) is 2.78. The van der Waals surface area contributed by atoms with Crippen molar-refractivity contribution < 1.29 is 42.9 Å². The fraction of sp³-hybridized carbons (Fsp3) is 0.263. The molecule has 0 heterocycles. The van der Waals surface area contributed by atoms with Gasteiger partial charge < -0.3 is 30.0 Å². The fourth-order valence-corrected chi connectivity index (χ4v) is 4.91. The van der Waals surface area contributed by atoms with Gasteiger partial charge in [0, 0.05) is 23.2 Å². The lowest BCUT2D eigenvalue weighted by molar-refractivity contribution is -0.139. The van der Waals surface area contributed by atoms with Crippen LogP contribution in [0.25, 0.3) is 0 Å². The number of halogens is 1. The Bertz CT molecular complexity index is 1760. The smallest absolute Gasteiger partial charge is 0.343 e. The highest BCUT2D eigenvalue weighted by Gasteiger charge is 2.23. The van der Waals surface area contributed by atoms with E-state index in [1.807, 2.05) is 0 Å². The van der Waals surface area contributed by atoms with Crippen molar-refractivity contribution in [3.63, 3.8) is 0 Å². The number of benzene rings is 4. The molecule has 4 aromatic carbocycles. The van der Waals surface area contributed by atoms with Gasteiger partial charge in [-0.25, -0.2) is 14.0 Å². The lowest BCUT2D eigenvalue weighted by atomic mass is 10.0. The van der Waals surface area contributed by atoms with Crippen molar-refractivity contribution in [2.24, 2.45) is 0 Å². The Morgan fingerprint density at radius 1 is 0.776 bits per heavy atom. The van der Waals surface area contributed by atoms with Crippen LogP contribution < -0.4 is 24.8 Å². The van der Waals surface area contributed by atoms with Crippen LogP contribution in [0.1, 0.15) is 75.7 Å². The maximum absolute atomic E-state index is 13.5. The number of carboxylic acids is 1. The quantitative estimate of drug-likeness (QED) is 0.0615. The largest absolute Gasteiger partial charge is 0.494 e. The number of carbonyl (C=O) groups excluding carboxylic acids is 3. The molecule has 0 bridgehead atoms. The molecule has 256 valence electrons. The molecule has 10 nitrogen and oxygen atoms in total. The van der Waals surface area contributed by atoms with Crippen molar-refractivity contribution in [3.8, 4) is 17.2 Å². The number of carboxylic acid groups (broad SMARTS) is 1. The SMILES string of the molecule is CCCCCCCOc1ccc(C(=O)Oc2ccc(CC(NC(=O)c3cccc(NC(=O)c4cccc(F)c4)c3)C(=O)O)cc2OC)cc1. The molecule has 0 fully saturated rings. The summed E-state index contributed by atoms with van der Waals surface area (Å²) in [4.78, 5) is 50.5. The number of hydrogen-bond acceptors (Lipinski definition) is 7. The molecular weight excluding hydrogens is 631 g/mol. The Hall–Kier alpha value is -5.71. The highest BCUT2D eigenvalue weighted by Crippen LogP contribution is 2.30. The van der Waals surface area contributed by atoms with Gasteiger partial charge in [0.25, 0.3) is 11.8 Å². The van der Waals surface area contributed by atoms with Crippen LogP contribution in [0.5, 0.6) is 17.2 Å². The molecule has 4 aromatic rings. The molecule has 1 unspecified atom stereocenters. The number of anilines is 1. The normalized spacial score (nSPS) is 11.2. The van der Waals surface area contributed by atoms with Crippen molar-refractivity contribution in [1.29, 1.82) is 0 Å². The Morgan fingerprint density at radius 2 is 1.49 bits per heavy atom. The van der Waals surface area contributed by atoms with Crippen molar-refractivity contribution in [3.05, 3.63) is 119 Å². The summed E-state index contributed by atoms with van der Waals surface area (Å²) in [7, 11) is 1.39. The molecule has 4 rings (SSSR count). The van der Waals surface area contributed by atoms with Crippen LogP contribution in [0, 0.1) is 5.82 Å². The number of aliphatic carboxylic acids is 1. The molecular formula is C38H39FN2O8. The van der Waals surface area contributed by atoms with Gasteiger partial charge >= 0.3 is 11.9 Å². The van der Waals surface area contributed by atoms with Gasteiger partial charge in [0.05, 0.1) is 19.3 Å². The van der Waals surface area contributed by atoms with Crippen molar-refractivity contribution in [2.75, 3.05) is 19.0 Å². The van der Waals surface area contributed by atoms with Crippen LogP contribution in [0.15, 0.2) is 91.0 Å². The van der Waals surface area contributed by atoms with Crippen LogP contribution in [0.2, 0.25) is 0 Å². The third kappa shape index (κ3) is 10.9. The van der Waals surface area contributed by atoms with E-state index in [1.165, 1.54) is 74.9 Å². The van der Waals surface area contributed by atoms with E-state index < -0.39 is 35.6 Å². The van der Waals surface area contributed by atoms with Crippen LogP contribution in [0.4, 0.5) is 10.1 Å². The predicted molar refractivity (Wildman–Crippen MR) is 182 cm³/mol. The summed E-state index contributed by atoms with van der Waals surface area (Å²) in [5, 5.41) is 15.0. The molecule has 0 aliphatic rings. The number of unbranched alkanes of at least 4 members (excludes halogenated alkanes) is 4. The monoisotopic (exact) mass is 670 g/mol. The maximum Gasteiger partial charge on any atom is 0.343 e. The summed E-state index contributed by atoms with van der Waals surface area (Å²) >= 11 is 0. The summed E-state index contributed by atoms with van der Waals surface area (Å²) in [6.07, 6.45) is 5.56. The second kappa shape index (κ2) is 18.0. The minimum Gasteiger partial charge on any atom is -0.494 e. The summed E-state index contributed by atoms with van der Waals surface area (Å²) in [5.41, 5.74) is 1.27. The highest BCUT2D eigenvalue weighted by atomic mass is 19.1. The van der Waals surface area contributed by atoms with Gasteiger partial charge in [-0.3, -0.25) is 9.59 Å². The van der Waals surface area contributed by atoms with Crippen LogP contribution in [-0.4, -0.2) is 48.6 Å². The molecule has 0 saturated heterocycles. The van der Waals surface area contributed by atoms with Gasteiger partial charge in [-0.2, -0.15) is 0 Å². The third-order valence-corrected chi connectivity index (χ3v) is 7.55. The van der Waals surface area contributed by atoms with Gasteiger partial charge in [-0.05, 0) is 84.8 Å². The number of amides is 2. The van der Waals surface area contributed by atoms with E-state index in [2.05, 4.69) is 17.6 Å². The topological polar surface area (TPSA) is 140 Å². The molecule has 0 saturated carbocycles. The van der Waals surface area contributed by atoms with E-state index in [9.17, 15) is 28.7 Å². The van der Waals surface area contributed by atoms with E-state index in [4.69, 9.17) is 14.2 Å². The predicted octanol–water partition coefficient (Wildman–Crippen LogP) is 7.08. The highest BCUT2D eigenvalue weighted by molar-refractivity contribution is 6.05. The van der Waals surface area contributed by atoms with Gasteiger partial charge in [-0.15, -0.1) is 0 Å². The van der Waals surface area contributed by atoms with Crippen LogP contribution >= 0.6 is 0 Å². The molecule has 0 aromatic heterocycles. The first kappa shape index (κ1) is 36.1. The molecule has 2 amide bonds. The first-order valence-corrected chi connectivity index (χ1v) is 16.0. The van der Waals surface area contributed by atoms with E-state index in [0.717, 1.165) is 18.9 Å². The molecule has 11 heteroatoms. The average molecular weight is 671 g/mol. The zero-order chi connectivity index (χ0) is 35.2. The van der Waals surface area contributed by atoms with Gasteiger partial charge in [0.1, 0.15) is 17.6 Å². The van der Waals surface area contributed by atoms with E-state index in [0.29, 0.717) is 23.5 Å². The minimum atomic E-state index is -1.33. The Balaban J connectivity index is 1.35. The Labute approximate surface area is 284 Å². The number of ether oxygens (including phenoxy) is 3. The number of hydrogen-bond donors (Lipinski definition) is 3. The summed E-state index contributed by atoms with van der Waals surface area (Å²) in [6, 6.07) is 21.0. The minimum absolute atomic E-state index is 0.0971. The molecule has 49 heavy (non-hydrogen) atoms. The van der Waals surface area contributed by atoms with E-state index >= 15 is 0 Å². The zero-order valence-corrected chi connectivity index (χ0v) is 27.4. The van der Waals surface area contributed by atoms with Crippen molar-refractivity contribution in [1.82, 2.24) is 5.32 Å². The van der Waals surface area contributed by atoms with E-state index in [1.54, 1.807) is 36.4 Å². The Morgan fingerprint density at radius 3 is 2.18 bits per heavy atom. The van der Waals surface area contributed by atoms with Crippen LogP contribution in [0.3, 0.4) is 0 Å². The summed E-state index contributed by atoms with van der Waals surface area (Å²) in [5.74, 6) is -2.71. The lowest BCUT2D eigenvalue weighted by Crippen LogP contribution is -2.42. The average Bonchev–Trinajstić information content (AvgIpc) is 3.10. The lowest BCUT2D eigenvalue weighted by Gasteiger charge is -2.17. The molecule has 1 atom stereocenters. The molecule has 0 aliphatic carbocycles. The number of carbonyl (C=O) groups is 4. The van der Waals surface area contributed by atoms with E-state index in [-0.39, 0.29) is 34.7 Å². The second-order valence-electron chi connectivity index (χ2n) is 11.3. The fourth-order valence-electron chi connectivity index (χ4n) is 4.91.